The molecular weight excluding hydrogens is 303 g/mol. The zero-order valence-electron chi connectivity index (χ0n) is 10.4. The monoisotopic (exact) mass is 312 g/mol. The van der Waals surface area contributed by atoms with Gasteiger partial charge in [-0.1, -0.05) is 28.4 Å². The van der Waals surface area contributed by atoms with Crippen LogP contribution in [0.5, 0.6) is 0 Å². The fourth-order valence-electron chi connectivity index (χ4n) is 1.43. The van der Waals surface area contributed by atoms with Gasteiger partial charge in [0.2, 0.25) is 0 Å². The average molecular weight is 313 g/mol. The quantitative estimate of drug-likeness (QED) is 0.530. The van der Waals surface area contributed by atoms with E-state index < -0.39 is 6.09 Å². The van der Waals surface area contributed by atoms with Crippen LogP contribution in [-0.4, -0.2) is 19.4 Å². The summed E-state index contributed by atoms with van der Waals surface area (Å²) >= 11 is 11.9. The zero-order valence-corrected chi connectivity index (χ0v) is 11.9. The van der Waals surface area contributed by atoms with E-state index in [0.717, 1.165) is 0 Å². The molecule has 0 saturated carbocycles. The molecule has 1 amide bonds. The van der Waals surface area contributed by atoms with E-state index in [4.69, 9.17) is 27.6 Å². The first kappa shape index (κ1) is 14.4. The number of nitrogens with one attached hydrogen (secondary N) is 1. The minimum absolute atomic E-state index is 0.426. The molecule has 1 aromatic heterocycles. The van der Waals surface area contributed by atoms with Crippen molar-refractivity contribution in [3.63, 3.8) is 0 Å². The van der Waals surface area contributed by atoms with E-state index in [1.165, 1.54) is 13.3 Å². The van der Waals surface area contributed by atoms with Crippen molar-refractivity contribution in [2.75, 3.05) is 7.05 Å². The number of rotatable bonds is 3. The highest BCUT2D eigenvalue weighted by Gasteiger charge is 2.08. The smallest absolute Gasteiger partial charge is 0.433 e. The molecule has 1 heterocycles. The molecule has 20 heavy (non-hydrogen) atoms. The molecule has 2 aromatic rings. The second kappa shape index (κ2) is 6.45. The molecule has 104 valence electrons. The fraction of sp³-hybridized carbons (Fsp3) is 0.0769. The van der Waals surface area contributed by atoms with Gasteiger partial charge in [-0.15, -0.1) is 0 Å². The molecule has 0 fully saturated rings. The fourth-order valence-corrected chi connectivity index (χ4v) is 1.93. The normalized spacial score (nSPS) is 10.8. The van der Waals surface area contributed by atoms with Gasteiger partial charge in [0, 0.05) is 17.6 Å². The third kappa shape index (κ3) is 3.53. The summed E-state index contributed by atoms with van der Waals surface area (Å²) in [5, 5.41) is 6.76. The summed E-state index contributed by atoms with van der Waals surface area (Å²) in [5.74, 6) is 0.989. The molecule has 0 aliphatic carbocycles. The Bertz CT molecular complexity index is 653. The van der Waals surface area contributed by atoms with Crippen molar-refractivity contribution in [3.05, 3.63) is 46.1 Å². The number of carbonyl (C=O) groups excluding carboxylic acids is 1. The van der Waals surface area contributed by atoms with E-state index in [9.17, 15) is 4.79 Å². The van der Waals surface area contributed by atoms with Crippen molar-refractivity contribution >= 4 is 35.5 Å². The lowest BCUT2D eigenvalue weighted by atomic mass is 10.2. The van der Waals surface area contributed by atoms with Gasteiger partial charge < -0.3 is 9.73 Å². The maximum Gasteiger partial charge on any atom is 0.433 e. The van der Waals surface area contributed by atoms with E-state index in [2.05, 4.69) is 15.3 Å². The molecule has 0 aliphatic rings. The number of halogens is 2. The lowest BCUT2D eigenvalue weighted by molar-refractivity contribution is 0.153. The third-order valence-corrected chi connectivity index (χ3v) is 2.89. The van der Waals surface area contributed by atoms with Crippen molar-refractivity contribution in [2.45, 2.75) is 0 Å². The van der Waals surface area contributed by atoms with Gasteiger partial charge >= 0.3 is 6.09 Å². The first-order chi connectivity index (χ1) is 9.60. The molecular formula is C13H10Cl2N2O3. The van der Waals surface area contributed by atoms with E-state index in [1.54, 1.807) is 30.3 Å². The molecule has 0 saturated heterocycles. The van der Waals surface area contributed by atoms with Gasteiger partial charge in [-0.05, 0) is 30.3 Å². The Hall–Kier alpha value is -1.98. The van der Waals surface area contributed by atoms with Crippen LogP contribution in [0.25, 0.3) is 11.3 Å². The van der Waals surface area contributed by atoms with Crippen LogP contribution in [0, 0.1) is 0 Å². The highest BCUT2D eigenvalue weighted by Crippen LogP contribution is 2.31. The Balaban J connectivity index is 2.14. The number of hydrogen-bond acceptors (Lipinski definition) is 4. The lowest BCUT2D eigenvalue weighted by Crippen LogP contribution is -2.16. The van der Waals surface area contributed by atoms with E-state index in [-0.39, 0.29) is 0 Å². The van der Waals surface area contributed by atoms with Crippen molar-refractivity contribution in [1.82, 2.24) is 5.32 Å². The summed E-state index contributed by atoms with van der Waals surface area (Å²) < 4.78 is 5.52. The minimum Gasteiger partial charge on any atom is -0.455 e. The summed E-state index contributed by atoms with van der Waals surface area (Å²) in [6.45, 7) is 0. The second-order valence-corrected chi connectivity index (χ2v) is 4.53. The SMILES string of the molecule is CNC(=O)O/N=C/c1ccc(-c2ccc(Cl)cc2Cl)o1. The predicted octanol–water partition coefficient (Wildman–Crippen LogP) is 3.94. The van der Waals surface area contributed by atoms with Crippen LogP contribution < -0.4 is 5.32 Å². The molecule has 0 unspecified atom stereocenters. The summed E-state index contributed by atoms with van der Waals surface area (Å²) in [4.78, 5) is 15.3. The van der Waals surface area contributed by atoms with Crippen molar-refractivity contribution in [1.29, 1.82) is 0 Å². The van der Waals surface area contributed by atoms with Gasteiger partial charge in [0.05, 0.1) is 5.02 Å². The van der Waals surface area contributed by atoms with Gasteiger partial charge in [0.15, 0.2) is 0 Å². The van der Waals surface area contributed by atoms with Crippen LogP contribution >= 0.6 is 23.2 Å². The predicted molar refractivity (Wildman–Crippen MR) is 77.3 cm³/mol. The standard InChI is InChI=1S/C13H10Cl2N2O3/c1-16-13(18)20-17-7-9-3-5-12(19-9)10-4-2-8(14)6-11(10)15/h2-7H,1H3,(H,16,18)/b17-7+. The summed E-state index contributed by atoms with van der Waals surface area (Å²) in [5.41, 5.74) is 0.711. The largest absolute Gasteiger partial charge is 0.455 e. The van der Waals surface area contributed by atoms with Gasteiger partial charge in [0.25, 0.3) is 0 Å². The minimum atomic E-state index is -0.659. The molecule has 0 atom stereocenters. The first-order valence-corrected chi connectivity index (χ1v) is 6.33. The van der Waals surface area contributed by atoms with Gasteiger partial charge in [0.1, 0.15) is 17.7 Å². The average Bonchev–Trinajstić information content (AvgIpc) is 2.87. The number of carbonyl (C=O) groups is 1. The first-order valence-electron chi connectivity index (χ1n) is 5.57. The maximum absolute atomic E-state index is 10.8. The van der Waals surface area contributed by atoms with Gasteiger partial charge in [-0.2, -0.15) is 0 Å². The highest BCUT2D eigenvalue weighted by molar-refractivity contribution is 6.36. The van der Waals surface area contributed by atoms with Crippen molar-refractivity contribution < 1.29 is 14.0 Å². The molecule has 1 N–H and O–H groups in total. The van der Waals surface area contributed by atoms with E-state index in [0.29, 0.717) is 27.1 Å². The number of benzene rings is 1. The number of hydrogen-bond donors (Lipinski definition) is 1. The number of oxime groups is 1. The van der Waals surface area contributed by atoms with Gasteiger partial charge in [-0.25, -0.2) is 4.79 Å². The van der Waals surface area contributed by atoms with Crippen molar-refractivity contribution in [2.24, 2.45) is 5.16 Å². The van der Waals surface area contributed by atoms with Crippen molar-refractivity contribution in [3.8, 4) is 11.3 Å². The summed E-state index contributed by atoms with van der Waals surface area (Å²) in [6.07, 6.45) is 0.622. The van der Waals surface area contributed by atoms with Crippen LogP contribution in [0.1, 0.15) is 5.76 Å². The molecule has 0 radical (unpaired) electrons. The highest BCUT2D eigenvalue weighted by atomic mass is 35.5. The van der Waals surface area contributed by atoms with Crippen LogP contribution in [-0.2, 0) is 4.84 Å². The Morgan fingerprint density at radius 2 is 2.15 bits per heavy atom. The number of furan rings is 1. The molecule has 7 heteroatoms. The Morgan fingerprint density at radius 1 is 1.35 bits per heavy atom. The van der Waals surface area contributed by atoms with E-state index >= 15 is 0 Å². The Morgan fingerprint density at radius 3 is 2.85 bits per heavy atom. The van der Waals surface area contributed by atoms with E-state index in [1.807, 2.05) is 0 Å². The third-order valence-electron chi connectivity index (χ3n) is 2.34. The molecule has 0 aliphatic heterocycles. The van der Waals surface area contributed by atoms with Crippen LogP contribution in [0.3, 0.4) is 0 Å². The number of amides is 1. The van der Waals surface area contributed by atoms with Crippen LogP contribution in [0.2, 0.25) is 10.0 Å². The topological polar surface area (TPSA) is 63.8 Å². The lowest BCUT2D eigenvalue weighted by Gasteiger charge is -2.00. The molecule has 0 bridgehead atoms. The molecule has 0 spiro atoms. The molecule has 1 aromatic carbocycles. The molecule has 2 rings (SSSR count). The van der Waals surface area contributed by atoms with Crippen LogP contribution in [0.4, 0.5) is 4.79 Å². The number of nitrogens with zero attached hydrogens (tertiary/aromatic N) is 1. The van der Waals surface area contributed by atoms with Crippen LogP contribution in [0.15, 0.2) is 39.9 Å². The maximum atomic E-state index is 10.8. The zero-order chi connectivity index (χ0) is 14.5. The summed E-state index contributed by atoms with van der Waals surface area (Å²) in [7, 11) is 1.44. The second-order valence-electron chi connectivity index (χ2n) is 3.69. The Labute approximate surface area is 125 Å². The Kier molecular flexibility index (Phi) is 4.65. The van der Waals surface area contributed by atoms with Gasteiger partial charge in [-0.3, -0.25) is 4.84 Å². The summed E-state index contributed by atoms with van der Waals surface area (Å²) in [6, 6.07) is 8.51. The molecule has 5 nitrogen and oxygen atoms in total.